The van der Waals surface area contributed by atoms with Gasteiger partial charge in [-0.3, -0.25) is 4.79 Å². The predicted octanol–water partition coefficient (Wildman–Crippen LogP) is 5.79. The van der Waals surface area contributed by atoms with Gasteiger partial charge in [0, 0.05) is 36.2 Å². The van der Waals surface area contributed by atoms with Crippen molar-refractivity contribution in [3.63, 3.8) is 0 Å². The van der Waals surface area contributed by atoms with Crippen molar-refractivity contribution in [2.24, 2.45) is 0 Å². The van der Waals surface area contributed by atoms with Crippen LogP contribution in [0.4, 0.5) is 0 Å². The Morgan fingerprint density at radius 3 is 2.41 bits per heavy atom. The molecule has 4 heteroatoms. The van der Waals surface area contributed by atoms with Gasteiger partial charge in [0.15, 0.2) is 12.6 Å². The third kappa shape index (κ3) is 3.75. The zero-order valence-corrected chi connectivity index (χ0v) is 17.3. The SMILES string of the molecule is COC(Cn1c(-c2ccccc2C=O)c(C2CCCCC2)c2ccccc21)OC. The number of methoxy groups -OCH3 is 2. The number of para-hydroxylation sites is 1. The van der Waals surface area contributed by atoms with Gasteiger partial charge in [-0.25, -0.2) is 0 Å². The lowest BCUT2D eigenvalue weighted by Crippen LogP contribution is -2.21. The van der Waals surface area contributed by atoms with Gasteiger partial charge in [-0.05, 0) is 30.4 Å². The second-order valence-electron chi connectivity index (χ2n) is 7.83. The Labute approximate surface area is 172 Å². The lowest BCUT2D eigenvalue weighted by atomic mass is 9.81. The molecule has 4 rings (SSSR count). The molecule has 0 aliphatic heterocycles. The Balaban J connectivity index is 2.02. The second kappa shape index (κ2) is 8.93. The molecule has 1 fully saturated rings. The summed E-state index contributed by atoms with van der Waals surface area (Å²) in [5, 5.41) is 1.28. The maximum atomic E-state index is 11.9. The van der Waals surface area contributed by atoms with E-state index in [0.717, 1.165) is 23.1 Å². The van der Waals surface area contributed by atoms with Gasteiger partial charge in [0.1, 0.15) is 0 Å². The molecule has 4 nitrogen and oxygen atoms in total. The van der Waals surface area contributed by atoms with Crippen LogP contribution in [0.1, 0.15) is 53.9 Å². The van der Waals surface area contributed by atoms with E-state index in [1.165, 1.54) is 48.6 Å². The van der Waals surface area contributed by atoms with Gasteiger partial charge in [-0.15, -0.1) is 0 Å². The molecule has 2 aromatic carbocycles. The molecule has 1 saturated carbocycles. The fraction of sp³-hybridized carbons (Fsp3) is 0.400. The van der Waals surface area contributed by atoms with Gasteiger partial charge in [0.25, 0.3) is 0 Å². The van der Waals surface area contributed by atoms with Crippen molar-refractivity contribution >= 4 is 17.2 Å². The molecule has 0 saturated heterocycles. The number of aldehydes is 1. The first-order valence-electron chi connectivity index (χ1n) is 10.5. The number of aromatic nitrogens is 1. The van der Waals surface area contributed by atoms with Gasteiger partial charge in [0.05, 0.1) is 12.2 Å². The van der Waals surface area contributed by atoms with E-state index < -0.39 is 0 Å². The summed E-state index contributed by atoms with van der Waals surface area (Å²) in [5.41, 5.74) is 5.40. The zero-order chi connectivity index (χ0) is 20.2. The smallest absolute Gasteiger partial charge is 0.174 e. The average Bonchev–Trinajstić information content (AvgIpc) is 3.11. The van der Waals surface area contributed by atoms with Gasteiger partial charge < -0.3 is 14.0 Å². The van der Waals surface area contributed by atoms with Crippen molar-refractivity contribution < 1.29 is 14.3 Å². The van der Waals surface area contributed by atoms with Crippen molar-refractivity contribution in [2.75, 3.05) is 14.2 Å². The molecular weight excluding hydrogens is 362 g/mol. The largest absolute Gasteiger partial charge is 0.354 e. The summed E-state index contributed by atoms with van der Waals surface area (Å²) in [6.45, 7) is 0.572. The Morgan fingerprint density at radius 1 is 1.00 bits per heavy atom. The number of benzene rings is 2. The molecule has 0 unspecified atom stereocenters. The normalized spacial score (nSPS) is 15.3. The predicted molar refractivity (Wildman–Crippen MR) is 116 cm³/mol. The maximum absolute atomic E-state index is 11.9. The van der Waals surface area contributed by atoms with E-state index in [1.54, 1.807) is 14.2 Å². The van der Waals surface area contributed by atoms with Crippen LogP contribution >= 0.6 is 0 Å². The van der Waals surface area contributed by atoms with E-state index >= 15 is 0 Å². The van der Waals surface area contributed by atoms with Crippen molar-refractivity contribution in [3.8, 4) is 11.3 Å². The van der Waals surface area contributed by atoms with E-state index in [2.05, 4.69) is 34.9 Å². The van der Waals surface area contributed by atoms with Crippen LogP contribution in [0.15, 0.2) is 48.5 Å². The van der Waals surface area contributed by atoms with E-state index in [-0.39, 0.29) is 6.29 Å². The quantitative estimate of drug-likeness (QED) is 0.378. The molecule has 152 valence electrons. The molecule has 0 spiro atoms. The Kier molecular flexibility index (Phi) is 6.12. The lowest BCUT2D eigenvalue weighted by Gasteiger charge is -2.24. The third-order valence-corrected chi connectivity index (χ3v) is 6.22. The summed E-state index contributed by atoms with van der Waals surface area (Å²) in [6, 6.07) is 16.5. The minimum atomic E-state index is -0.354. The number of nitrogens with zero attached hydrogens (tertiary/aromatic N) is 1. The van der Waals surface area contributed by atoms with Crippen LogP contribution in [0.2, 0.25) is 0 Å². The molecule has 1 aliphatic carbocycles. The molecule has 0 amide bonds. The molecule has 3 aromatic rings. The summed E-state index contributed by atoms with van der Waals surface area (Å²) in [6.07, 6.45) is 6.84. The number of carbonyl (C=O) groups is 1. The standard InChI is InChI=1S/C25H29NO3/c1-28-23(29-2)16-26-22-15-9-8-14-21(22)24(18-10-4-3-5-11-18)25(26)20-13-7-6-12-19(20)17-27/h6-9,12-15,17-18,23H,3-5,10-11,16H2,1-2H3. The van der Waals surface area contributed by atoms with E-state index in [0.29, 0.717) is 12.5 Å². The molecule has 1 aliphatic rings. The summed E-state index contributed by atoms with van der Waals surface area (Å²) < 4.78 is 13.4. The zero-order valence-electron chi connectivity index (χ0n) is 17.3. The van der Waals surface area contributed by atoms with Crippen molar-refractivity contribution in [1.82, 2.24) is 4.57 Å². The van der Waals surface area contributed by atoms with Gasteiger partial charge in [0.2, 0.25) is 0 Å². The minimum absolute atomic E-state index is 0.354. The summed E-state index contributed by atoms with van der Waals surface area (Å²) in [4.78, 5) is 11.9. The van der Waals surface area contributed by atoms with Crippen LogP contribution in [-0.2, 0) is 16.0 Å². The third-order valence-electron chi connectivity index (χ3n) is 6.22. The summed E-state index contributed by atoms with van der Waals surface area (Å²) >= 11 is 0. The van der Waals surface area contributed by atoms with E-state index in [9.17, 15) is 4.79 Å². The first-order chi connectivity index (χ1) is 14.3. The van der Waals surface area contributed by atoms with E-state index in [4.69, 9.17) is 9.47 Å². The average molecular weight is 392 g/mol. The number of hydrogen-bond donors (Lipinski definition) is 0. The molecule has 1 aromatic heterocycles. The van der Waals surface area contributed by atoms with Crippen LogP contribution in [0, 0.1) is 0 Å². The molecule has 29 heavy (non-hydrogen) atoms. The van der Waals surface area contributed by atoms with Crippen LogP contribution in [-0.4, -0.2) is 31.4 Å². The minimum Gasteiger partial charge on any atom is -0.354 e. The van der Waals surface area contributed by atoms with E-state index in [1.807, 2.05) is 18.2 Å². The van der Waals surface area contributed by atoms with Gasteiger partial charge in [-0.2, -0.15) is 0 Å². The molecule has 0 N–H and O–H groups in total. The Bertz CT molecular complexity index is 981. The Hall–Kier alpha value is -2.43. The van der Waals surface area contributed by atoms with Crippen LogP contribution in [0.5, 0.6) is 0 Å². The first-order valence-corrected chi connectivity index (χ1v) is 10.5. The van der Waals surface area contributed by atoms with Crippen molar-refractivity contribution in [1.29, 1.82) is 0 Å². The fourth-order valence-electron chi connectivity index (χ4n) is 4.82. The maximum Gasteiger partial charge on any atom is 0.174 e. The number of carbonyl (C=O) groups excluding carboxylic acids is 1. The molecule has 0 atom stereocenters. The van der Waals surface area contributed by atoms with Crippen molar-refractivity contribution in [2.45, 2.75) is 50.9 Å². The van der Waals surface area contributed by atoms with Crippen LogP contribution in [0.25, 0.3) is 22.2 Å². The van der Waals surface area contributed by atoms with Crippen molar-refractivity contribution in [3.05, 3.63) is 59.7 Å². The number of hydrogen-bond acceptors (Lipinski definition) is 3. The molecule has 0 bridgehead atoms. The van der Waals surface area contributed by atoms with Gasteiger partial charge in [-0.1, -0.05) is 61.7 Å². The highest BCUT2D eigenvalue weighted by Gasteiger charge is 2.28. The lowest BCUT2D eigenvalue weighted by molar-refractivity contribution is -0.110. The molecule has 0 radical (unpaired) electrons. The second-order valence-corrected chi connectivity index (χ2v) is 7.83. The fourth-order valence-corrected chi connectivity index (χ4v) is 4.82. The highest BCUT2D eigenvalue weighted by Crippen LogP contribution is 2.44. The highest BCUT2D eigenvalue weighted by molar-refractivity contribution is 5.96. The summed E-state index contributed by atoms with van der Waals surface area (Å²) in [5.74, 6) is 0.508. The monoisotopic (exact) mass is 391 g/mol. The number of rotatable bonds is 7. The number of ether oxygens (including phenoxy) is 2. The summed E-state index contributed by atoms with van der Waals surface area (Å²) in [7, 11) is 3.34. The highest BCUT2D eigenvalue weighted by atomic mass is 16.7. The molecule has 1 heterocycles. The first kappa shape index (κ1) is 19.9. The molecular formula is C25H29NO3. The number of fused-ring (bicyclic) bond motifs is 1. The topological polar surface area (TPSA) is 40.5 Å². The van der Waals surface area contributed by atoms with Gasteiger partial charge >= 0.3 is 0 Å². The van der Waals surface area contributed by atoms with Crippen LogP contribution in [0.3, 0.4) is 0 Å². The Morgan fingerprint density at radius 2 is 1.69 bits per heavy atom. The van der Waals surface area contributed by atoms with Crippen LogP contribution < -0.4 is 0 Å².